The SMILES string of the molecule is Cc1ccc2nc(N3CCN(c4cccc(Cl)c4)CC3)c(/C=C3\SC(=S)N(CC4CCCO4)C3=O)c(=O)n2c1. The molecule has 1 aromatic carbocycles. The first-order valence-corrected chi connectivity index (χ1v) is 14.6. The number of thiocarbonyl (C=S) groups is 1. The lowest BCUT2D eigenvalue weighted by Crippen LogP contribution is -2.47. The lowest BCUT2D eigenvalue weighted by Gasteiger charge is -2.37. The predicted octanol–water partition coefficient (Wildman–Crippen LogP) is 4.36. The van der Waals surface area contributed by atoms with Gasteiger partial charge in [-0.1, -0.05) is 47.7 Å². The van der Waals surface area contributed by atoms with Crippen LogP contribution in [0.5, 0.6) is 0 Å². The van der Waals surface area contributed by atoms with Crippen LogP contribution in [0, 0.1) is 6.92 Å². The van der Waals surface area contributed by atoms with Crippen molar-refractivity contribution in [2.24, 2.45) is 0 Å². The molecule has 5 heterocycles. The highest BCUT2D eigenvalue weighted by Crippen LogP contribution is 2.34. The molecule has 1 atom stereocenters. The maximum atomic E-state index is 13.8. The van der Waals surface area contributed by atoms with E-state index in [-0.39, 0.29) is 17.6 Å². The normalized spacial score (nSPS) is 21.1. The van der Waals surface area contributed by atoms with E-state index in [1.807, 2.05) is 37.3 Å². The summed E-state index contributed by atoms with van der Waals surface area (Å²) in [4.78, 5) is 38.6. The largest absolute Gasteiger partial charge is 0.376 e. The van der Waals surface area contributed by atoms with Crippen molar-refractivity contribution in [2.75, 3.05) is 49.1 Å². The first-order chi connectivity index (χ1) is 18.9. The van der Waals surface area contributed by atoms with E-state index in [1.165, 1.54) is 11.8 Å². The maximum Gasteiger partial charge on any atom is 0.267 e. The number of rotatable bonds is 5. The Morgan fingerprint density at radius 3 is 2.69 bits per heavy atom. The average Bonchev–Trinajstić information content (AvgIpc) is 3.54. The maximum absolute atomic E-state index is 13.8. The Morgan fingerprint density at radius 2 is 1.95 bits per heavy atom. The summed E-state index contributed by atoms with van der Waals surface area (Å²) in [5.74, 6) is 0.393. The molecule has 1 unspecified atom stereocenters. The number of aromatic nitrogens is 2. The second kappa shape index (κ2) is 10.9. The molecule has 0 spiro atoms. The van der Waals surface area contributed by atoms with Gasteiger partial charge in [0.25, 0.3) is 11.5 Å². The van der Waals surface area contributed by atoms with E-state index in [0.29, 0.717) is 57.5 Å². The number of benzene rings is 1. The number of amides is 1. The molecule has 8 nitrogen and oxygen atoms in total. The number of carbonyl (C=O) groups is 1. The number of carbonyl (C=O) groups excluding carboxylic acids is 1. The summed E-state index contributed by atoms with van der Waals surface area (Å²) in [6, 6.07) is 11.6. The average molecular weight is 582 g/mol. The monoisotopic (exact) mass is 581 g/mol. The molecule has 202 valence electrons. The van der Waals surface area contributed by atoms with Gasteiger partial charge in [-0.15, -0.1) is 0 Å². The fourth-order valence-corrected chi connectivity index (χ4v) is 6.69. The Hall–Kier alpha value is -2.92. The molecule has 2 aromatic heterocycles. The summed E-state index contributed by atoms with van der Waals surface area (Å²) in [5.41, 5.74) is 2.77. The third-order valence-corrected chi connectivity index (χ3v) is 8.91. The van der Waals surface area contributed by atoms with Crippen LogP contribution in [0.15, 0.2) is 52.3 Å². The summed E-state index contributed by atoms with van der Waals surface area (Å²) in [6.07, 6.45) is 5.36. The number of nitrogens with zero attached hydrogens (tertiary/aromatic N) is 5. The molecule has 3 aliphatic heterocycles. The van der Waals surface area contributed by atoms with Crippen LogP contribution in [0.1, 0.15) is 24.0 Å². The van der Waals surface area contributed by atoms with Gasteiger partial charge in [-0.3, -0.25) is 18.9 Å². The van der Waals surface area contributed by atoms with E-state index in [2.05, 4.69) is 15.9 Å². The summed E-state index contributed by atoms with van der Waals surface area (Å²) in [7, 11) is 0. The zero-order valence-corrected chi connectivity index (χ0v) is 23.9. The minimum atomic E-state index is -0.208. The van der Waals surface area contributed by atoms with Gasteiger partial charge in [-0.25, -0.2) is 4.98 Å². The van der Waals surface area contributed by atoms with Gasteiger partial charge in [0.2, 0.25) is 0 Å². The minimum Gasteiger partial charge on any atom is -0.376 e. The smallest absolute Gasteiger partial charge is 0.267 e. The number of halogens is 1. The van der Waals surface area contributed by atoms with Crippen LogP contribution in [-0.4, -0.2) is 69.9 Å². The van der Waals surface area contributed by atoms with E-state index < -0.39 is 0 Å². The fraction of sp³-hybridized carbons (Fsp3) is 0.357. The summed E-state index contributed by atoms with van der Waals surface area (Å²) in [5, 5.41) is 0.702. The number of aryl methyl sites for hydroxylation is 1. The number of anilines is 2. The highest BCUT2D eigenvalue weighted by molar-refractivity contribution is 8.26. The van der Waals surface area contributed by atoms with E-state index in [9.17, 15) is 9.59 Å². The van der Waals surface area contributed by atoms with Crippen LogP contribution in [0.25, 0.3) is 11.7 Å². The van der Waals surface area contributed by atoms with E-state index in [1.54, 1.807) is 21.6 Å². The Balaban J connectivity index is 1.34. The highest BCUT2D eigenvalue weighted by Gasteiger charge is 2.35. The Morgan fingerprint density at radius 1 is 1.15 bits per heavy atom. The van der Waals surface area contributed by atoms with Crippen LogP contribution in [0.2, 0.25) is 5.02 Å². The quantitative estimate of drug-likeness (QED) is 0.325. The highest BCUT2D eigenvalue weighted by atomic mass is 35.5. The number of ether oxygens (including phenoxy) is 1. The van der Waals surface area contributed by atoms with Crippen LogP contribution in [-0.2, 0) is 9.53 Å². The van der Waals surface area contributed by atoms with Crippen molar-refractivity contribution in [3.05, 3.63) is 74.0 Å². The fourth-order valence-electron chi connectivity index (χ4n) is 5.24. The van der Waals surface area contributed by atoms with Crippen molar-refractivity contribution in [1.82, 2.24) is 14.3 Å². The van der Waals surface area contributed by atoms with Crippen molar-refractivity contribution < 1.29 is 9.53 Å². The van der Waals surface area contributed by atoms with Crippen LogP contribution < -0.4 is 15.4 Å². The molecule has 0 radical (unpaired) electrons. The summed E-state index contributed by atoms with van der Waals surface area (Å²) >= 11 is 13.0. The molecule has 1 amide bonds. The van der Waals surface area contributed by atoms with E-state index >= 15 is 0 Å². The van der Waals surface area contributed by atoms with Gasteiger partial charge in [0.1, 0.15) is 15.8 Å². The second-order valence-corrected chi connectivity index (χ2v) is 12.1. The minimum absolute atomic E-state index is 0.00543. The van der Waals surface area contributed by atoms with Gasteiger partial charge in [-0.05, 0) is 55.7 Å². The van der Waals surface area contributed by atoms with E-state index in [4.69, 9.17) is 33.5 Å². The zero-order chi connectivity index (χ0) is 27.1. The van der Waals surface area contributed by atoms with Crippen LogP contribution >= 0.6 is 35.6 Å². The van der Waals surface area contributed by atoms with E-state index in [0.717, 1.165) is 37.2 Å². The van der Waals surface area contributed by atoms with Crippen LogP contribution in [0.3, 0.4) is 0 Å². The molecular formula is C28H28ClN5O3S2. The molecule has 0 saturated carbocycles. The molecule has 0 bridgehead atoms. The van der Waals surface area contributed by atoms with Crippen molar-refractivity contribution in [2.45, 2.75) is 25.9 Å². The van der Waals surface area contributed by atoms with Crippen molar-refractivity contribution in [3.8, 4) is 0 Å². The number of hydrogen-bond acceptors (Lipinski definition) is 8. The molecule has 3 saturated heterocycles. The van der Waals surface area contributed by atoms with Gasteiger partial charge in [-0.2, -0.15) is 0 Å². The molecule has 3 fully saturated rings. The third-order valence-electron chi connectivity index (χ3n) is 7.30. The van der Waals surface area contributed by atoms with Crippen molar-refractivity contribution in [3.63, 3.8) is 0 Å². The molecule has 0 N–H and O–H groups in total. The lowest BCUT2D eigenvalue weighted by atomic mass is 10.2. The number of fused-ring (bicyclic) bond motifs is 1. The number of piperazine rings is 1. The lowest BCUT2D eigenvalue weighted by molar-refractivity contribution is -0.123. The number of thioether (sulfide) groups is 1. The van der Waals surface area contributed by atoms with Gasteiger partial charge < -0.3 is 14.5 Å². The Bertz CT molecular complexity index is 1540. The summed E-state index contributed by atoms with van der Waals surface area (Å²) < 4.78 is 7.77. The Kier molecular flexibility index (Phi) is 7.37. The third kappa shape index (κ3) is 5.30. The Labute approximate surface area is 241 Å². The molecule has 39 heavy (non-hydrogen) atoms. The van der Waals surface area contributed by atoms with Crippen molar-refractivity contribution >= 4 is 69.0 Å². The van der Waals surface area contributed by atoms with Gasteiger partial charge >= 0.3 is 0 Å². The molecule has 3 aliphatic rings. The number of pyridine rings is 1. The predicted molar refractivity (Wildman–Crippen MR) is 161 cm³/mol. The van der Waals surface area contributed by atoms with Gasteiger partial charge in [0.15, 0.2) is 0 Å². The number of hydrogen-bond donors (Lipinski definition) is 0. The topological polar surface area (TPSA) is 70.4 Å². The molecule has 0 aliphatic carbocycles. The standard InChI is InChI=1S/C28H28ClN5O3S2/c1-18-7-8-24-30-25(32-11-9-31(10-12-32)20-5-2-4-19(29)14-20)22(26(35)33(24)16-18)15-23-27(36)34(28(38)39-23)17-21-6-3-13-37-21/h2,4-5,7-8,14-16,21H,3,6,9-13,17H2,1H3/b23-15-. The van der Waals surface area contributed by atoms with Crippen molar-refractivity contribution in [1.29, 1.82) is 0 Å². The van der Waals surface area contributed by atoms with Gasteiger partial charge in [0, 0.05) is 49.7 Å². The second-order valence-electron chi connectivity index (χ2n) is 9.97. The molecule has 6 rings (SSSR count). The molecule has 11 heteroatoms. The van der Waals surface area contributed by atoms with Gasteiger partial charge in [0.05, 0.1) is 23.1 Å². The summed E-state index contributed by atoms with van der Waals surface area (Å²) in [6.45, 7) is 5.92. The zero-order valence-electron chi connectivity index (χ0n) is 21.5. The van der Waals surface area contributed by atoms with Crippen LogP contribution in [0.4, 0.5) is 11.5 Å². The first-order valence-electron chi connectivity index (χ1n) is 13.0. The first kappa shape index (κ1) is 26.3. The molecular weight excluding hydrogens is 554 g/mol. The molecule has 3 aromatic rings.